The van der Waals surface area contributed by atoms with Crippen LogP contribution in [0.15, 0.2) is 42.5 Å². The molecular formula is C19H19F3N2O3. The number of benzene rings is 2. The maximum absolute atomic E-state index is 12.4. The SMILES string of the molecule is FC(F)(F)Oc1ccc([C@H](c2ccc3c(c2)OCO3)N2CCNCC2)cc1. The van der Waals surface area contributed by atoms with Crippen LogP contribution in [0.1, 0.15) is 17.2 Å². The fourth-order valence-corrected chi connectivity index (χ4v) is 3.49. The standard InChI is InChI=1S/C19H19F3N2O3/c20-19(21,22)27-15-4-1-13(2-5-15)18(24-9-7-23-8-10-24)14-3-6-16-17(11-14)26-12-25-16/h1-6,11,18,23H,7-10,12H2/t18-/m1/s1. The predicted molar refractivity (Wildman–Crippen MR) is 92.0 cm³/mol. The van der Waals surface area contributed by atoms with E-state index < -0.39 is 6.36 Å². The van der Waals surface area contributed by atoms with E-state index in [0.29, 0.717) is 11.5 Å². The number of alkyl halides is 3. The Morgan fingerprint density at radius 1 is 0.926 bits per heavy atom. The Kier molecular flexibility index (Phi) is 4.84. The normalized spacial score (nSPS) is 18.3. The maximum atomic E-state index is 12.4. The lowest BCUT2D eigenvalue weighted by atomic mass is 9.96. The van der Waals surface area contributed by atoms with E-state index in [2.05, 4.69) is 15.0 Å². The summed E-state index contributed by atoms with van der Waals surface area (Å²) in [5.41, 5.74) is 1.90. The topological polar surface area (TPSA) is 43.0 Å². The van der Waals surface area contributed by atoms with Crippen LogP contribution >= 0.6 is 0 Å². The van der Waals surface area contributed by atoms with Crippen LogP contribution in [0.4, 0.5) is 13.2 Å². The van der Waals surface area contributed by atoms with E-state index >= 15 is 0 Å². The van der Waals surface area contributed by atoms with E-state index in [0.717, 1.165) is 37.3 Å². The first kappa shape index (κ1) is 17.9. The summed E-state index contributed by atoms with van der Waals surface area (Å²) in [4.78, 5) is 2.30. The molecule has 0 spiro atoms. The van der Waals surface area contributed by atoms with Gasteiger partial charge in [0.25, 0.3) is 0 Å². The number of rotatable bonds is 4. The predicted octanol–water partition coefficient (Wildman–Crippen LogP) is 3.31. The van der Waals surface area contributed by atoms with Gasteiger partial charge in [0.15, 0.2) is 11.5 Å². The second-order valence-corrected chi connectivity index (χ2v) is 6.42. The van der Waals surface area contributed by atoms with Crippen LogP contribution in [0.25, 0.3) is 0 Å². The molecule has 0 saturated carbocycles. The third-order valence-corrected chi connectivity index (χ3v) is 4.66. The number of nitrogens with one attached hydrogen (secondary N) is 1. The quantitative estimate of drug-likeness (QED) is 0.882. The molecule has 2 heterocycles. The van der Waals surface area contributed by atoms with Crippen molar-refractivity contribution in [2.75, 3.05) is 33.0 Å². The number of nitrogens with zero attached hydrogens (tertiary/aromatic N) is 1. The van der Waals surface area contributed by atoms with Crippen molar-refractivity contribution in [1.82, 2.24) is 10.2 Å². The highest BCUT2D eigenvalue weighted by Crippen LogP contribution is 2.38. The summed E-state index contributed by atoms with van der Waals surface area (Å²) in [5.74, 6) is 1.16. The molecule has 1 atom stereocenters. The molecule has 2 aromatic rings. The number of fused-ring (bicyclic) bond motifs is 1. The lowest BCUT2D eigenvalue weighted by Gasteiger charge is -2.35. The molecule has 2 aliphatic rings. The molecule has 144 valence electrons. The molecule has 0 unspecified atom stereocenters. The molecule has 0 amide bonds. The Balaban J connectivity index is 1.65. The van der Waals surface area contributed by atoms with Gasteiger partial charge in [-0.05, 0) is 35.4 Å². The van der Waals surface area contributed by atoms with Crippen molar-refractivity contribution in [1.29, 1.82) is 0 Å². The molecule has 4 rings (SSSR count). The average Bonchev–Trinajstić information content (AvgIpc) is 3.11. The van der Waals surface area contributed by atoms with Gasteiger partial charge in [0.1, 0.15) is 5.75 Å². The van der Waals surface area contributed by atoms with Crippen molar-refractivity contribution < 1.29 is 27.4 Å². The lowest BCUT2D eigenvalue weighted by Crippen LogP contribution is -2.45. The minimum absolute atomic E-state index is 0.0958. The van der Waals surface area contributed by atoms with Crippen molar-refractivity contribution in [3.63, 3.8) is 0 Å². The van der Waals surface area contributed by atoms with E-state index in [9.17, 15) is 13.2 Å². The summed E-state index contributed by atoms with van der Waals surface area (Å²) < 4.78 is 52.1. The summed E-state index contributed by atoms with van der Waals surface area (Å²) in [6.45, 7) is 3.58. The smallest absolute Gasteiger partial charge is 0.454 e. The molecule has 1 fully saturated rings. The zero-order valence-electron chi connectivity index (χ0n) is 14.5. The first-order valence-electron chi connectivity index (χ1n) is 8.70. The minimum Gasteiger partial charge on any atom is -0.454 e. The van der Waals surface area contributed by atoms with Crippen LogP contribution < -0.4 is 19.5 Å². The Hall–Kier alpha value is -2.45. The highest BCUT2D eigenvalue weighted by molar-refractivity contribution is 5.47. The molecule has 27 heavy (non-hydrogen) atoms. The van der Waals surface area contributed by atoms with Gasteiger partial charge in [-0.25, -0.2) is 0 Å². The van der Waals surface area contributed by atoms with Crippen LogP contribution in [-0.4, -0.2) is 44.2 Å². The molecule has 0 radical (unpaired) electrons. The molecule has 2 aromatic carbocycles. The Morgan fingerprint density at radius 2 is 1.59 bits per heavy atom. The molecule has 5 nitrogen and oxygen atoms in total. The third kappa shape index (κ3) is 4.12. The van der Waals surface area contributed by atoms with Crippen molar-refractivity contribution in [2.24, 2.45) is 0 Å². The summed E-state index contributed by atoms with van der Waals surface area (Å²) in [7, 11) is 0. The van der Waals surface area contributed by atoms with Gasteiger partial charge in [-0.2, -0.15) is 0 Å². The van der Waals surface area contributed by atoms with E-state index in [-0.39, 0.29) is 18.6 Å². The highest BCUT2D eigenvalue weighted by Gasteiger charge is 2.31. The molecular weight excluding hydrogens is 361 g/mol. The van der Waals surface area contributed by atoms with Gasteiger partial charge in [-0.1, -0.05) is 18.2 Å². The zero-order chi connectivity index (χ0) is 18.9. The minimum atomic E-state index is -4.70. The molecule has 0 bridgehead atoms. The van der Waals surface area contributed by atoms with Crippen LogP contribution in [-0.2, 0) is 0 Å². The molecule has 2 aliphatic heterocycles. The number of halogens is 3. The molecule has 1 saturated heterocycles. The van der Waals surface area contributed by atoms with Gasteiger partial charge < -0.3 is 19.5 Å². The van der Waals surface area contributed by atoms with Gasteiger partial charge >= 0.3 is 6.36 Å². The van der Waals surface area contributed by atoms with E-state index in [1.807, 2.05) is 18.2 Å². The van der Waals surface area contributed by atoms with Gasteiger partial charge in [0, 0.05) is 26.2 Å². The maximum Gasteiger partial charge on any atom is 0.573 e. The fourth-order valence-electron chi connectivity index (χ4n) is 3.49. The van der Waals surface area contributed by atoms with E-state index in [1.165, 1.54) is 12.1 Å². The summed E-state index contributed by atoms with van der Waals surface area (Å²) in [6, 6.07) is 11.7. The van der Waals surface area contributed by atoms with Crippen molar-refractivity contribution in [3.8, 4) is 17.2 Å². The zero-order valence-corrected chi connectivity index (χ0v) is 14.5. The second-order valence-electron chi connectivity index (χ2n) is 6.42. The highest BCUT2D eigenvalue weighted by atomic mass is 19.4. The van der Waals surface area contributed by atoms with Gasteiger partial charge in [-0.3, -0.25) is 4.90 Å². The number of hydrogen-bond donors (Lipinski definition) is 1. The van der Waals surface area contributed by atoms with Crippen LogP contribution in [0.3, 0.4) is 0 Å². The molecule has 0 aliphatic carbocycles. The van der Waals surface area contributed by atoms with E-state index in [1.54, 1.807) is 12.1 Å². The van der Waals surface area contributed by atoms with Crippen LogP contribution in [0, 0.1) is 0 Å². The first-order valence-corrected chi connectivity index (χ1v) is 8.70. The Labute approximate surface area is 154 Å². The largest absolute Gasteiger partial charge is 0.573 e. The third-order valence-electron chi connectivity index (χ3n) is 4.66. The Morgan fingerprint density at radius 3 is 2.30 bits per heavy atom. The second kappa shape index (κ2) is 7.28. The molecule has 1 N–H and O–H groups in total. The van der Waals surface area contributed by atoms with Crippen molar-refractivity contribution in [2.45, 2.75) is 12.4 Å². The number of hydrogen-bond acceptors (Lipinski definition) is 5. The van der Waals surface area contributed by atoms with Gasteiger partial charge in [0.2, 0.25) is 6.79 Å². The van der Waals surface area contributed by atoms with Gasteiger partial charge in [0.05, 0.1) is 6.04 Å². The number of piperazine rings is 1. The summed E-state index contributed by atoms with van der Waals surface area (Å²) >= 11 is 0. The van der Waals surface area contributed by atoms with Crippen LogP contribution in [0.5, 0.6) is 17.2 Å². The van der Waals surface area contributed by atoms with Crippen molar-refractivity contribution >= 4 is 0 Å². The van der Waals surface area contributed by atoms with Crippen LogP contribution in [0.2, 0.25) is 0 Å². The van der Waals surface area contributed by atoms with Crippen molar-refractivity contribution in [3.05, 3.63) is 53.6 Å². The fraction of sp³-hybridized carbons (Fsp3) is 0.368. The number of ether oxygens (including phenoxy) is 3. The van der Waals surface area contributed by atoms with E-state index in [4.69, 9.17) is 9.47 Å². The lowest BCUT2D eigenvalue weighted by molar-refractivity contribution is -0.274. The first-order chi connectivity index (χ1) is 13.0. The molecule has 8 heteroatoms. The molecule has 0 aromatic heterocycles. The van der Waals surface area contributed by atoms with Gasteiger partial charge in [-0.15, -0.1) is 13.2 Å². The Bertz CT molecular complexity index is 790. The summed E-state index contributed by atoms with van der Waals surface area (Å²) in [6.07, 6.45) is -4.70. The summed E-state index contributed by atoms with van der Waals surface area (Å²) in [5, 5.41) is 3.32. The average molecular weight is 380 g/mol. The monoisotopic (exact) mass is 380 g/mol.